The second-order valence-corrected chi connectivity index (χ2v) is 4.41. The van der Waals surface area contributed by atoms with Crippen LogP contribution in [0.4, 0.5) is 0 Å². The molecule has 0 radical (unpaired) electrons. The number of hydrogen-bond acceptors (Lipinski definition) is 3. The molecule has 0 N–H and O–H groups in total. The highest BCUT2D eigenvalue weighted by Crippen LogP contribution is 2.24. The summed E-state index contributed by atoms with van der Waals surface area (Å²) in [6, 6.07) is 11.2. The van der Waals surface area contributed by atoms with E-state index in [0.29, 0.717) is 0 Å². The van der Waals surface area contributed by atoms with Gasteiger partial charge < -0.3 is 0 Å². The summed E-state index contributed by atoms with van der Waals surface area (Å²) < 4.78 is 0. The van der Waals surface area contributed by atoms with Crippen LogP contribution in [0, 0.1) is 6.92 Å². The lowest BCUT2D eigenvalue weighted by Gasteiger charge is -2.03. The highest BCUT2D eigenvalue weighted by molar-refractivity contribution is 8.14. The Morgan fingerprint density at radius 2 is 1.94 bits per heavy atom. The maximum atomic E-state index is 11.9. The highest BCUT2D eigenvalue weighted by atomic mass is 32.2. The van der Waals surface area contributed by atoms with Gasteiger partial charge in [-0.25, -0.2) is 0 Å². The maximum absolute atomic E-state index is 11.9. The zero-order valence-electron chi connectivity index (χ0n) is 8.88. The summed E-state index contributed by atoms with van der Waals surface area (Å²) in [5, 5.41) is 0.0525. The summed E-state index contributed by atoms with van der Waals surface area (Å²) in [5.41, 5.74) is 1.79. The average Bonchev–Trinajstić information content (AvgIpc) is 2.33. The fourth-order valence-electron chi connectivity index (χ4n) is 1.29. The zero-order chi connectivity index (χ0) is 11.4. The summed E-state index contributed by atoms with van der Waals surface area (Å²) in [5.74, 6) is 0. The first-order valence-corrected chi connectivity index (χ1v) is 5.77. The van der Waals surface area contributed by atoms with Crippen LogP contribution in [0.3, 0.4) is 0 Å². The minimum atomic E-state index is 0.0525. The number of nitrogens with zero attached hydrogens (tertiary/aromatic N) is 1. The summed E-state index contributed by atoms with van der Waals surface area (Å²) in [6.45, 7) is 1.97. The fourth-order valence-corrected chi connectivity index (χ4v) is 2.09. The van der Waals surface area contributed by atoms with Crippen molar-refractivity contribution >= 4 is 16.9 Å². The molecule has 1 aromatic heterocycles. The number of carbonyl (C=O) groups is 1. The van der Waals surface area contributed by atoms with Crippen LogP contribution in [-0.4, -0.2) is 10.1 Å². The van der Waals surface area contributed by atoms with E-state index in [1.807, 2.05) is 43.3 Å². The molecule has 0 spiro atoms. The Bertz CT molecular complexity index is 496. The normalized spacial score (nSPS) is 10.1. The Hall–Kier alpha value is -1.61. The second-order valence-electron chi connectivity index (χ2n) is 3.40. The van der Waals surface area contributed by atoms with Gasteiger partial charge in [0.1, 0.15) is 0 Å². The highest BCUT2D eigenvalue weighted by Gasteiger charge is 2.08. The SMILES string of the molecule is Cc1ccncc1SC(=O)c1ccccc1. The lowest BCUT2D eigenvalue weighted by atomic mass is 10.2. The van der Waals surface area contributed by atoms with Crippen molar-refractivity contribution in [2.24, 2.45) is 0 Å². The number of aromatic nitrogens is 1. The van der Waals surface area contributed by atoms with Crippen molar-refractivity contribution in [3.63, 3.8) is 0 Å². The fraction of sp³-hybridized carbons (Fsp3) is 0.0769. The lowest BCUT2D eigenvalue weighted by Crippen LogP contribution is -1.93. The number of rotatable bonds is 2. The predicted octanol–water partition coefficient (Wildman–Crippen LogP) is 3.32. The molecule has 2 nitrogen and oxygen atoms in total. The first-order chi connectivity index (χ1) is 7.77. The molecule has 0 atom stereocenters. The van der Waals surface area contributed by atoms with Gasteiger partial charge in [0.15, 0.2) is 0 Å². The van der Waals surface area contributed by atoms with Crippen LogP contribution in [-0.2, 0) is 0 Å². The van der Waals surface area contributed by atoms with Gasteiger partial charge in [-0.3, -0.25) is 9.78 Å². The molecule has 1 heterocycles. The van der Waals surface area contributed by atoms with E-state index in [2.05, 4.69) is 4.98 Å². The maximum Gasteiger partial charge on any atom is 0.224 e. The molecule has 0 bridgehead atoms. The van der Waals surface area contributed by atoms with Crippen LogP contribution in [0.1, 0.15) is 15.9 Å². The molecule has 0 unspecified atom stereocenters. The van der Waals surface area contributed by atoms with E-state index in [4.69, 9.17) is 0 Å². The van der Waals surface area contributed by atoms with Crippen LogP contribution in [0.2, 0.25) is 0 Å². The van der Waals surface area contributed by atoms with E-state index >= 15 is 0 Å². The van der Waals surface area contributed by atoms with Crippen molar-refractivity contribution in [1.29, 1.82) is 0 Å². The van der Waals surface area contributed by atoms with E-state index in [9.17, 15) is 4.79 Å². The topological polar surface area (TPSA) is 30.0 Å². The zero-order valence-corrected chi connectivity index (χ0v) is 9.70. The van der Waals surface area contributed by atoms with Gasteiger partial charge in [0.05, 0.1) is 0 Å². The van der Waals surface area contributed by atoms with Crippen molar-refractivity contribution in [2.75, 3.05) is 0 Å². The second kappa shape index (κ2) is 4.94. The Balaban J connectivity index is 2.18. The Morgan fingerprint density at radius 3 is 2.62 bits per heavy atom. The monoisotopic (exact) mass is 229 g/mol. The van der Waals surface area contributed by atoms with E-state index in [-0.39, 0.29) is 5.12 Å². The van der Waals surface area contributed by atoms with Crippen LogP contribution >= 0.6 is 11.8 Å². The molecular formula is C13H11NOS. The van der Waals surface area contributed by atoms with Crippen LogP contribution < -0.4 is 0 Å². The van der Waals surface area contributed by atoms with Gasteiger partial charge in [-0.1, -0.05) is 30.3 Å². The first kappa shape index (κ1) is 10.9. The van der Waals surface area contributed by atoms with Gasteiger partial charge in [0.25, 0.3) is 0 Å². The molecule has 0 amide bonds. The molecule has 16 heavy (non-hydrogen) atoms. The third-order valence-corrected chi connectivity index (χ3v) is 3.27. The van der Waals surface area contributed by atoms with Crippen molar-refractivity contribution < 1.29 is 4.79 Å². The molecule has 0 saturated carbocycles. The predicted molar refractivity (Wildman–Crippen MR) is 65.6 cm³/mol. The van der Waals surface area contributed by atoms with E-state index in [1.54, 1.807) is 12.4 Å². The van der Waals surface area contributed by atoms with Crippen LogP contribution in [0.15, 0.2) is 53.7 Å². The van der Waals surface area contributed by atoms with Crippen LogP contribution in [0.5, 0.6) is 0 Å². The minimum absolute atomic E-state index is 0.0525. The van der Waals surface area contributed by atoms with Gasteiger partial charge in [-0.05, 0) is 30.3 Å². The molecular weight excluding hydrogens is 218 g/mol. The van der Waals surface area contributed by atoms with Gasteiger partial charge in [-0.2, -0.15) is 0 Å². The van der Waals surface area contributed by atoms with E-state index < -0.39 is 0 Å². The molecule has 3 heteroatoms. The summed E-state index contributed by atoms with van der Waals surface area (Å²) in [7, 11) is 0. The Labute approximate surface area is 98.7 Å². The molecule has 2 rings (SSSR count). The Morgan fingerprint density at radius 1 is 1.19 bits per heavy atom. The molecule has 0 saturated heterocycles. The number of hydrogen-bond donors (Lipinski definition) is 0. The number of aryl methyl sites for hydroxylation is 1. The van der Waals surface area contributed by atoms with Crippen molar-refractivity contribution in [3.8, 4) is 0 Å². The van der Waals surface area contributed by atoms with Gasteiger partial charge in [0, 0.05) is 22.9 Å². The van der Waals surface area contributed by atoms with E-state index in [1.165, 1.54) is 11.8 Å². The third-order valence-electron chi connectivity index (χ3n) is 2.20. The molecule has 0 fully saturated rings. The molecule has 80 valence electrons. The van der Waals surface area contributed by atoms with E-state index in [0.717, 1.165) is 16.0 Å². The number of pyridine rings is 1. The number of thioether (sulfide) groups is 1. The standard InChI is InChI=1S/C13H11NOS/c1-10-7-8-14-9-12(10)16-13(15)11-5-3-2-4-6-11/h2-9H,1H3. The number of carbonyl (C=O) groups excluding carboxylic acids is 1. The summed E-state index contributed by atoms with van der Waals surface area (Å²) >= 11 is 1.22. The molecule has 1 aromatic carbocycles. The van der Waals surface area contributed by atoms with Crippen LogP contribution in [0.25, 0.3) is 0 Å². The lowest BCUT2D eigenvalue weighted by molar-refractivity contribution is 0.108. The van der Waals surface area contributed by atoms with Crippen molar-refractivity contribution in [3.05, 3.63) is 59.9 Å². The average molecular weight is 229 g/mol. The molecule has 0 aliphatic rings. The third kappa shape index (κ3) is 2.49. The van der Waals surface area contributed by atoms with Crippen molar-refractivity contribution in [2.45, 2.75) is 11.8 Å². The molecule has 0 aliphatic heterocycles. The quantitative estimate of drug-likeness (QED) is 0.740. The molecule has 2 aromatic rings. The summed E-state index contributed by atoms with van der Waals surface area (Å²) in [6.07, 6.45) is 3.45. The van der Waals surface area contributed by atoms with Crippen molar-refractivity contribution in [1.82, 2.24) is 4.98 Å². The van der Waals surface area contributed by atoms with Gasteiger partial charge in [0.2, 0.25) is 5.12 Å². The first-order valence-electron chi connectivity index (χ1n) is 4.95. The minimum Gasteiger partial charge on any atom is -0.281 e. The summed E-state index contributed by atoms with van der Waals surface area (Å²) in [4.78, 5) is 16.8. The largest absolute Gasteiger partial charge is 0.281 e. The Kier molecular flexibility index (Phi) is 3.37. The van der Waals surface area contributed by atoms with Gasteiger partial charge in [-0.15, -0.1) is 0 Å². The smallest absolute Gasteiger partial charge is 0.224 e. The number of benzene rings is 1. The molecule has 0 aliphatic carbocycles. The van der Waals surface area contributed by atoms with Gasteiger partial charge >= 0.3 is 0 Å².